The highest BCUT2D eigenvalue weighted by Crippen LogP contribution is 2.33. The Kier molecular flexibility index (Phi) is 4.85. The molecule has 2 heterocycles. The zero-order valence-corrected chi connectivity index (χ0v) is 12.7. The van der Waals surface area contributed by atoms with E-state index in [1.165, 1.54) is 0 Å². The second-order valence-electron chi connectivity index (χ2n) is 6.24. The second-order valence-corrected chi connectivity index (χ2v) is 6.24. The zero-order chi connectivity index (χ0) is 13.9. The minimum Gasteiger partial charge on any atom is -0.338 e. The van der Waals surface area contributed by atoms with Gasteiger partial charge in [0.2, 0.25) is 5.91 Å². The smallest absolute Gasteiger partial charge is 0.230 e. The van der Waals surface area contributed by atoms with Crippen molar-refractivity contribution in [2.24, 2.45) is 5.41 Å². The Hall–Kier alpha value is -0.610. The highest BCUT2D eigenvalue weighted by atomic mass is 16.2. The molecule has 19 heavy (non-hydrogen) atoms. The summed E-state index contributed by atoms with van der Waals surface area (Å²) in [6, 6.07) is 0.393. The fourth-order valence-corrected chi connectivity index (χ4v) is 3.54. The topological polar surface area (TPSA) is 35.6 Å². The summed E-state index contributed by atoms with van der Waals surface area (Å²) in [4.78, 5) is 17.6. The van der Waals surface area contributed by atoms with E-state index >= 15 is 0 Å². The molecular weight excluding hydrogens is 238 g/mol. The van der Waals surface area contributed by atoms with Crippen LogP contribution in [0.2, 0.25) is 0 Å². The molecule has 0 bridgehead atoms. The number of amides is 1. The number of nitrogens with zero attached hydrogens (tertiary/aromatic N) is 2. The molecule has 4 heteroatoms. The molecule has 1 N–H and O–H groups in total. The molecule has 2 aliphatic rings. The molecule has 0 aromatic rings. The van der Waals surface area contributed by atoms with Gasteiger partial charge >= 0.3 is 0 Å². The number of carbonyl (C=O) groups excluding carboxylic acids is 1. The minimum atomic E-state index is -0.129. The number of carbonyl (C=O) groups is 1. The lowest BCUT2D eigenvalue weighted by molar-refractivity contribution is -0.143. The summed E-state index contributed by atoms with van der Waals surface area (Å²) in [6.45, 7) is 9.29. The Morgan fingerprint density at radius 2 is 2.16 bits per heavy atom. The Morgan fingerprint density at radius 3 is 2.74 bits per heavy atom. The van der Waals surface area contributed by atoms with Crippen LogP contribution in [0.25, 0.3) is 0 Å². The molecule has 2 fully saturated rings. The van der Waals surface area contributed by atoms with Gasteiger partial charge in [0, 0.05) is 25.7 Å². The van der Waals surface area contributed by atoms with E-state index in [4.69, 9.17) is 0 Å². The summed E-state index contributed by atoms with van der Waals surface area (Å²) in [5, 5.41) is 3.38. The van der Waals surface area contributed by atoms with Crippen LogP contribution in [0.5, 0.6) is 0 Å². The van der Waals surface area contributed by atoms with Gasteiger partial charge in [-0.1, -0.05) is 13.8 Å². The summed E-state index contributed by atoms with van der Waals surface area (Å²) in [7, 11) is 2.17. The average molecular weight is 267 g/mol. The number of hydrogen-bond donors (Lipinski definition) is 1. The van der Waals surface area contributed by atoms with Gasteiger partial charge in [0.1, 0.15) is 0 Å². The van der Waals surface area contributed by atoms with Gasteiger partial charge in [-0.15, -0.1) is 0 Å². The van der Waals surface area contributed by atoms with E-state index in [0.717, 1.165) is 58.4 Å². The van der Waals surface area contributed by atoms with Gasteiger partial charge in [-0.25, -0.2) is 0 Å². The van der Waals surface area contributed by atoms with Crippen molar-refractivity contribution >= 4 is 5.91 Å². The molecule has 0 spiro atoms. The predicted molar refractivity (Wildman–Crippen MR) is 78.1 cm³/mol. The quantitative estimate of drug-likeness (QED) is 0.838. The largest absolute Gasteiger partial charge is 0.338 e. The van der Waals surface area contributed by atoms with Gasteiger partial charge in [0.15, 0.2) is 0 Å². The van der Waals surface area contributed by atoms with Crippen molar-refractivity contribution in [3.8, 4) is 0 Å². The normalized spacial score (nSPS) is 33.4. The molecule has 2 saturated heterocycles. The zero-order valence-electron chi connectivity index (χ0n) is 12.7. The Bertz CT molecular complexity index is 313. The summed E-state index contributed by atoms with van der Waals surface area (Å²) in [6.07, 6.45) is 4.13. The maximum absolute atomic E-state index is 13.0. The molecule has 0 aromatic carbocycles. The Morgan fingerprint density at radius 1 is 1.37 bits per heavy atom. The lowest BCUT2D eigenvalue weighted by Crippen LogP contribution is -2.51. The van der Waals surface area contributed by atoms with Gasteiger partial charge in [-0.3, -0.25) is 4.79 Å². The van der Waals surface area contributed by atoms with E-state index in [1.807, 2.05) is 0 Å². The van der Waals surface area contributed by atoms with Gasteiger partial charge in [0.25, 0.3) is 0 Å². The molecule has 1 amide bonds. The lowest BCUT2D eigenvalue weighted by Gasteiger charge is -2.37. The van der Waals surface area contributed by atoms with Crippen LogP contribution in [0.15, 0.2) is 0 Å². The van der Waals surface area contributed by atoms with E-state index in [-0.39, 0.29) is 5.41 Å². The summed E-state index contributed by atoms with van der Waals surface area (Å²) < 4.78 is 0. The SMILES string of the molecule is CCC1CN(C)CCCN1C(=O)C1(CC)CCNC1. The van der Waals surface area contributed by atoms with Crippen molar-refractivity contribution in [3.63, 3.8) is 0 Å². The Balaban J connectivity index is 2.15. The van der Waals surface area contributed by atoms with Crippen LogP contribution in [-0.4, -0.2) is 61.5 Å². The molecule has 0 radical (unpaired) electrons. The first-order valence-electron chi connectivity index (χ1n) is 7.83. The minimum absolute atomic E-state index is 0.129. The molecule has 2 unspecified atom stereocenters. The second kappa shape index (κ2) is 6.23. The number of nitrogens with one attached hydrogen (secondary N) is 1. The third-order valence-corrected chi connectivity index (χ3v) is 5.01. The fourth-order valence-electron chi connectivity index (χ4n) is 3.54. The van der Waals surface area contributed by atoms with Crippen molar-refractivity contribution in [1.82, 2.24) is 15.1 Å². The third kappa shape index (κ3) is 2.95. The van der Waals surface area contributed by atoms with E-state index in [2.05, 4.69) is 36.0 Å². The van der Waals surface area contributed by atoms with Gasteiger partial charge in [-0.05, 0) is 45.8 Å². The van der Waals surface area contributed by atoms with Crippen LogP contribution >= 0.6 is 0 Å². The maximum Gasteiger partial charge on any atom is 0.230 e. The van der Waals surface area contributed by atoms with Crippen LogP contribution in [-0.2, 0) is 4.79 Å². The highest BCUT2D eigenvalue weighted by Gasteiger charge is 2.43. The van der Waals surface area contributed by atoms with Crippen molar-refractivity contribution in [2.45, 2.75) is 45.6 Å². The molecule has 2 atom stereocenters. The summed E-state index contributed by atoms with van der Waals surface area (Å²) in [5.41, 5.74) is -0.129. The molecule has 2 aliphatic heterocycles. The van der Waals surface area contributed by atoms with Crippen LogP contribution < -0.4 is 5.32 Å². The molecule has 0 aliphatic carbocycles. The number of rotatable bonds is 3. The van der Waals surface area contributed by atoms with Gasteiger partial charge < -0.3 is 15.1 Å². The van der Waals surface area contributed by atoms with Crippen molar-refractivity contribution in [1.29, 1.82) is 0 Å². The first kappa shape index (κ1) is 14.8. The predicted octanol–water partition coefficient (Wildman–Crippen LogP) is 1.32. The first-order chi connectivity index (χ1) is 9.13. The Labute approximate surface area is 117 Å². The van der Waals surface area contributed by atoms with Crippen molar-refractivity contribution in [3.05, 3.63) is 0 Å². The average Bonchev–Trinajstić information content (AvgIpc) is 2.83. The van der Waals surface area contributed by atoms with Crippen molar-refractivity contribution in [2.75, 3.05) is 39.8 Å². The molecule has 0 aromatic heterocycles. The molecule has 0 saturated carbocycles. The van der Waals surface area contributed by atoms with Gasteiger partial charge in [0.05, 0.1) is 5.41 Å². The van der Waals surface area contributed by atoms with Crippen molar-refractivity contribution < 1.29 is 4.79 Å². The summed E-state index contributed by atoms with van der Waals surface area (Å²) >= 11 is 0. The van der Waals surface area contributed by atoms with E-state index in [9.17, 15) is 4.79 Å². The molecule has 110 valence electrons. The monoisotopic (exact) mass is 267 g/mol. The van der Waals surface area contributed by atoms with E-state index in [0.29, 0.717) is 11.9 Å². The van der Waals surface area contributed by atoms with Crippen LogP contribution in [0.4, 0.5) is 0 Å². The molecular formula is C15H29N3O. The van der Waals surface area contributed by atoms with Crippen LogP contribution in [0.3, 0.4) is 0 Å². The fraction of sp³-hybridized carbons (Fsp3) is 0.933. The maximum atomic E-state index is 13.0. The first-order valence-corrected chi connectivity index (χ1v) is 7.83. The third-order valence-electron chi connectivity index (χ3n) is 5.01. The molecule has 2 rings (SSSR count). The molecule has 4 nitrogen and oxygen atoms in total. The van der Waals surface area contributed by atoms with E-state index in [1.54, 1.807) is 0 Å². The lowest BCUT2D eigenvalue weighted by atomic mass is 9.82. The number of likely N-dealkylation sites (N-methyl/N-ethyl adjacent to an activating group) is 1. The van der Waals surface area contributed by atoms with Gasteiger partial charge in [-0.2, -0.15) is 0 Å². The van der Waals surface area contributed by atoms with Crippen LogP contribution in [0, 0.1) is 5.41 Å². The van der Waals surface area contributed by atoms with E-state index < -0.39 is 0 Å². The summed E-state index contributed by atoms with van der Waals surface area (Å²) in [5.74, 6) is 0.405. The standard InChI is InChI=1S/C15H29N3O/c1-4-13-11-17(3)9-6-10-18(13)14(19)15(5-2)7-8-16-12-15/h13,16H,4-12H2,1-3H3. The number of hydrogen-bond acceptors (Lipinski definition) is 3. The highest BCUT2D eigenvalue weighted by molar-refractivity contribution is 5.83. The van der Waals surface area contributed by atoms with Crippen LogP contribution in [0.1, 0.15) is 39.5 Å².